The summed E-state index contributed by atoms with van der Waals surface area (Å²) in [6.07, 6.45) is 3.02. The van der Waals surface area contributed by atoms with E-state index < -0.39 is 0 Å². The Balaban J connectivity index is 1.65. The number of carbonyl (C=O) groups excluding carboxylic acids is 1. The molecule has 0 unspecified atom stereocenters. The van der Waals surface area contributed by atoms with Gasteiger partial charge in [-0.3, -0.25) is 0 Å². The Morgan fingerprint density at radius 3 is 2.46 bits per heavy atom. The molecule has 1 aliphatic rings. The van der Waals surface area contributed by atoms with Gasteiger partial charge in [-0.2, -0.15) is 5.10 Å². The number of rotatable bonds is 6. The Bertz CT molecular complexity index is 1370. The quantitative estimate of drug-likeness (QED) is 0.373. The van der Waals surface area contributed by atoms with Gasteiger partial charge < -0.3 is 19.7 Å². The largest absolute Gasteiger partial charge is 0.378 e. The second-order valence-electron chi connectivity index (χ2n) is 10.4. The molecular formula is C30H36N6O. The summed E-state index contributed by atoms with van der Waals surface area (Å²) in [6.45, 7) is 7.49. The minimum atomic E-state index is -0.249. The molecule has 1 N–H and O–H groups in total. The van der Waals surface area contributed by atoms with Gasteiger partial charge in [-0.05, 0) is 61.2 Å². The first kappa shape index (κ1) is 24.7. The van der Waals surface area contributed by atoms with Crippen molar-refractivity contribution in [3.05, 3.63) is 95.4 Å². The van der Waals surface area contributed by atoms with Crippen molar-refractivity contribution in [2.45, 2.75) is 39.8 Å². The maximum Gasteiger partial charge on any atom is 0.318 e. The van der Waals surface area contributed by atoms with Crippen LogP contribution in [0.4, 0.5) is 10.5 Å². The predicted molar refractivity (Wildman–Crippen MR) is 149 cm³/mol. The number of carbonyl (C=O) groups is 1. The smallest absolute Gasteiger partial charge is 0.318 e. The molecule has 0 spiro atoms. The van der Waals surface area contributed by atoms with Crippen molar-refractivity contribution in [2.24, 2.45) is 5.92 Å². The molecule has 37 heavy (non-hydrogen) atoms. The van der Waals surface area contributed by atoms with Crippen molar-refractivity contribution in [3.63, 3.8) is 0 Å². The lowest BCUT2D eigenvalue weighted by Gasteiger charge is -2.31. The number of para-hydroxylation sites is 1. The average Bonchev–Trinajstić information content (AvgIpc) is 3.45. The van der Waals surface area contributed by atoms with Crippen LogP contribution in [-0.2, 0) is 6.54 Å². The summed E-state index contributed by atoms with van der Waals surface area (Å²) in [5, 5.41) is 8.12. The van der Waals surface area contributed by atoms with E-state index in [0.29, 0.717) is 19.0 Å². The van der Waals surface area contributed by atoms with Crippen molar-refractivity contribution in [1.82, 2.24) is 24.6 Å². The van der Waals surface area contributed by atoms with Crippen LogP contribution >= 0.6 is 0 Å². The van der Waals surface area contributed by atoms with Gasteiger partial charge in [-0.1, -0.05) is 44.2 Å². The van der Waals surface area contributed by atoms with Gasteiger partial charge >= 0.3 is 6.03 Å². The number of nitrogens with zero attached hydrogens (tertiary/aromatic N) is 5. The lowest BCUT2D eigenvalue weighted by atomic mass is 10.0. The number of fused-ring (bicyclic) bond motifs is 3. The highest BCUT2D eigenvalue weighted by molar-refractivity contribution is 5.76. The summed E-state index contributed by atoms with van der Waals surface area (Å²) in [4.78, 5) is 17.8. The zero-order valence-corrected chi connectivity index (χ0v) is 22.3. The summed E-state index contributed by atoms with van der Waals surface area (Å²) in [5.74, 6) is 1.50. The molecule has 0 radical (unpaired) electrons. The number of urea groups is 1. The molecule has 1 atom stereocenters. The van der Waals surface area contributed by atoms with Crippen LogP contribution in [0.15, 0.2) is 72.9 Å². The first-order valence-electron chi connectivity index (χ1n) is 13.0. The molecule has 4 aromatic rings. The van der Waals surface area contributed by atoms with Crippen LogP contribution in [0, 0.1) is 12.8 Å². The molecule has 2 amide bonds. The van der Waals surface area contributed by atoms with Gasteiger partial charge in [-0.15, -0.1) is 0 Å². The number of aromatic nitrogens is 3. The van der Waals surface area contributed by atoms with E-state index in [1.165, 1.54) is 0 Å². The molecular weight excluding hydrogens is 460 g/mol. The Hall–Kier alpha value is -4.00. The summed E-state index contributed by atoms with van der Waals surface area (Å²) in [5.41, 5.74) is 6.20. The number of amides is 2. The molecule has 2 aromatic heterocycles. The summed E-state index contributed by atoms with van der Waals surface area (Å²) in [7, 11) is 4.07. The van der Waals surface area contributed by atoms with E-state index in [-0.39, 0.29) is 12.1 Å². The Morgan fingerprint density at radius 2 is 1.78 bits per heavy atom. The SMILES string of the molecule is Cc1nn(-c2ccccc2)c2c1CN(C(=O)NCCC(C)C)[C@H](c1ccc(N(C)C)cc1)c1cccn1-2. The lowest BCUT2D eigenvalue weighted by molar-refractivity contribution is 0.180. The van der Waals surface area contributed by atoms with Crippen molar-refractivity contribution < 1.29 is 4.79 Å². The third kappa shape index (κ3) is 4.73. The van der Waals surface area contributed by atoms with E-state index >= 15 is 0 Å². The fraction of sp³-hybridized carbons (Fsp3) is 0.333. The third-order valence-corrected chi connectivity index (χ3v) is 7.07. The first-order chi connectivity index (χ1) is 17.8. The van der Waals surface area contributed by atoms with Crippen LogP contribution in [0.3, 0.4) is 0 Å². The summed E-state index contributed by atoms with van der Waals surface area (Å²) < 4.78 is 4.20. The van der Waals surface area contributed by atoms with Crippen LogP contribution in [-0.4, -0.2) is 45.9 Å². The molecule has 0 saturated heterocycles. The molecule has 0 saturated carbocycles. The predicted octanol–water partition coefficient (Wildman–Crippen LogP) is 5.70. The molecule has 0 fully saturated rings. The molecule has 5 rings (SSSR count). The number of nitrogens with one attached hydrogen (secondary N) is 1. The lowest BCUT2D eigenvalue weighted by Crippen LogP contribution is -2.42. The van der Waals surface area contributed by atoms with Gasteiger partial charge in [0.05, 0.1) is 29.7 Å². The topological polar surface area (TPSA) is 58.3 Å². The molecule has 1 aliphatic heterocycles. The van der Waals surface area contributed by atoms with Crippen LogP contribution in [0.2, 0.25) is 0 Å². The highest BCUT2D eigenvalue weighted by Gasteiger charge is 2.35. The number of hydrogen-bond donors (Lipinski definition) is 1. The number of aryl methyl sites for hydroxylation is 1. The van der Waals surface area contributed by atoms with Gasteiger partial charge in [0.25, 0.3) is 0 Å². The van der Waals surface area contributed by atoms with Crippen molar-refractivity contribution >= 4 is 11.7 Å². The average molecular weight is 497 g/mol. The summed E-state index contributed by atoms with van der Waals surface area (Å²) in [6, 6.07) is 22.6. The van der Waals surface area contributed by atoms with Gasteiger partial charge in [0, 0.05) is 38.1 Å². The Morgan fingerprint density at radius 1 is 1.05 bits per heavy atom. The van der Waals surface area contributed by atoms with E-state index in [0.717, 1.165) is 46.1 Å². The van der Waals surface area contributed by atoms with Gasteiger partial charge in [0.1, 0.15) is 5.82 Å². The van der Waals surface area contributed by atoms with Crippen LogP contribution in [0.25, 0.3) is 11.5 Å². The minimum Gasteiger partial charge on any atom is -0.378 e. The molecule has 3 heterocycles. The fourth-order valence-corrected chi connectivity index (χ4v) is 5.02. The van der Waals surface area contributed by atoms with Gasteiger partial charge in [-0.25, -0.2) is 9.48 Å². The van der Waals surface area contributed by atoms with Crippen LogP contribution in [0.5, 0.6) is 0 Å². The number of hydrogen-bond acceptors (Lipinski definition) is 3. The van der Waals surface area contributed by atoms with E-state index in [1.807, 2.05) is 48.8 Å². The normalized spacial score (nSPS) is 14.8. The maximum absolute atomic E-state index is 13.8. The standard InChI is InChI=1S/C30H36N6O/c1-21(2)17-18-31-30(37)35-20-26-22(3)32-36(25-10-7-6-8-11-25)29(26)34-19-9-12-27(34)28(35)23-13-15-24(16-14-23)33(4)5/h6-16,19,21,28H,17-18,20H2,1-5H3,(H,31,37)/t28-/m1/s1. The minimum absolute atomic E-state index is 0.0604. The van der Waals surface area contributed by atoms with E-state index in [9.17, 15) is 4.79 Å². The number of benzene rings is 2. The van der Waals surface area contributed by atoms with Crippen LogP contribution < -0.4 is 10.2 Å². The van der Waals surface area contributed by atoms with Crippen molar-refractivity contribution in [2.75, 3.05) is 25.5 Å². The molecule has 0 aliphatic carbocycles. The van der Waals surface area contributed by atoms with E-state index in [4.69, 9.17) is 5.10 Å². The highest BCUT2D eigenvalue weighted by atomic mass is 16.2. The molecule has 2 aromatic carbocycles. The van der Waals surface area contributed by atoms with Crippen molar-refractivity contribution in [1.29, 1.82) is 0 Å². The summed E-state index contributed by atoms with van der Waals surface area (Å²) >= 11 is 0. The first-order valence-corrected chi connectivity index (χ1v) is 13.0. The van der Waals surface area contributed by atoms with E-state index in [1.54, 1.807) is 0 Å². The second-order valence-corrected chi connectivity index (χ2v) is 10.4. The fourth-order valence-electron chi connectivity index (χ4n) is 5.02. The van der Waals surface area contributed by atoms with Gasteiger partial charge in [0.15, 0.2) is 0 Å². The monoisotopic (exact) mass is 496 g/mol. The molecule has 7 nitrogen and oxygen atoms in total. The maximum atomic E-state index is 13.8. The third-order valence-electron chi connectivity index (χ3n) is 7.07. The zero-order chi connectivity index (χ0) is 26.1. The van der Waals surface area contributed by atoms with Crippen LogP contribution in [0.1, 0.15) is 48.8 Å². The zero-order valence-electron chi connectivity index (χ0n) is 22.3. The Kier molecular flexibility index (Phi) is 6.78. The molecule has 7 heteroatoms. The van der Waals surface area contributed by atoms with Gasteiger partial charge in [0.2, 0.25) is 0 Å². The van der Waals surface area contributed by atoms with E-state index in [2.05, 4.69) is 83.4 Å². The molecule has 192 valence electrons. The second kappa shape index (κ2) is 10.2. The highest BCUT2D eigenvalue weighted by Crippen LogP contribution is 2.38. The molecule has 0 bridgehead atoms. The Labute approximate surface area is 219 Å². The number of anilines is 1. The van der Waals surface area contributed by atoms with Crippen molar-refractivity contribution in [3.8, 4) is 11.5 Å².